The summed E-state index contributed by atoms with van der Waals surface area (Å²) in [4.78, 5) is 27.4. The molecule has 1 heterocycles. The molecule has 0 radical (unpaired) electrons. The highest BCUT2D eigenvalue weighted by molar-refractivity contribution is 5.94. The van der Waals surface area contributed by atoms with Crippen molar-refractivity contribution >= 4 is 11.8 Å². The van der Waals surface area contributed by atoms with Crippen LogP contribution in [0.3, 0.4) is 0 Å². The van der Waals surface area contributed by atoms with E-state index in [1.807, 2.05) is 0 Å². The third-order valence-corrected chi connectivity index (χ3v) is 4.04. The van der Waals surface area contributed by atoms with Crippen LogP contribution in [-0.2, 0) is 4.79 Å². The van der Waals surface area contributed by atoms with E-state index in [0.29, 0.717) is 18.3 Å². The molecular formula is C17H26N4O2. The Morgan fingerprint density at radius 1 is 1.04 bits per heavy atom. The van der Waals surface area contributed by atoms with Crippen LogP contribution in [0.4, 0.5) is 0 Å². The zero-order valence-corrected chi connectivity index (χ0v) is 13.5. The molecular weight excluding hydrogens is 292 g/mol. The number of carbonyl (C=O) groups excluding carboxylic acids is 2. The van der Waals surface area contributed by atoms with Gasteiger partial charge in [-0.15, -0.1) is 0 Å². The van der Waals surface area contributed by atoms with Crippen LogP contribution >= 0.6 is 0 Å². The van der Waals surface area contributed by atoms with Gasteiger partial charge in [0.05, 0.1) is 6.54 Å². The molecule has 2 rings (SSSR count). The molecule has 1 aliphatic carbocycles. The molecule has 0 unspecified atom stereocenters. The first-order valence-corrected chi connectivity index (χ1v) is 8.45. The highest BCUT2D eigenvalue weighted by Crippen LogP contribution is 2.16. The van der Waals surface area contributed by atoms with Crippen molar-refractivity contribution in [3.05, 3.63) is 30.1 Å². The topological polar surface area (TPSA) is 83.1 Å². The first-order chi connectivity index (χ1) is 11.3. The van der Waals surface area contributed by atoms with Crippen LogP contribution in [0.1, 0.15) is 49.0 Å². The van der Waals surface area contributed by atoms with E-state index in [9.17, 15) is 9.59 Å². The lowest BCUT2D eigenvalue weighted by atomic mass is 10.1. The summed E-state index contributed by atoms with van der Waals surface area (Å²) in [5, 5.41) is 8.87. The Bertz CT molecular complexity index is 485. The second-order valence-electron chi connectivity index (χ2n) is 5.89. The summed E-state index contributed by atoms with van der Waals surface area (Å²) >= 11 is 0. The molecule has 0 aromatic carbocycles. The maximum atomic E-state index is 11.8. The molecule has 6 nitrogen and oxygen atoms in total. The highest BCUT2D eigenvalue weighted by Gasteiger charge is 2.11. The van der Waals surface area contributed by atoms with Crippen molar-refractivity contribution in [1.29, 1.82) is 0 Å². The quantitative estimate of drug-likeness (QED) is 0.522. The minimum Gasteiger partial charge on any atom is -0.353 e. The zero-order valence-electron chi connectivity index (χ0n) is 13.5. The second-order valence-corrected chi connectivity index (χ2v) is 5.89. The number of hydrogen-bond donors (Lipinski definition) is 3. The molecule has 1 aliphatic rings. The van der Waals surface area contributed by atoms with Gasteiger partial charge in [-0.05, 0) is 25.0 Å². The number of hydrogen-bond acceptors (Lipinski definition) is 4. The SMILES string of the molecule is O=C(CNC(=O)c1ccccn1)NCCNC1CCCCCC1. The van der Waals surface area contributed by atoms with Gasteiger partial charge in [-0.3, -0.25) is 14.6 Å². The molecule has 2 amide bonds. The lowest BCUT2D eigenvalue weighted by Gasteiger charge is -2.16. The molecule has 0 saturated heterocycles. The Labute approximate surface area is 137 Å². The number of pyridine rings is 1. The van der Waals surface area contributed by atoms with Gasteiger partial charge >= 0.3 is 0 Å². The number of amides is 2. The van der Waals surface area contributed by atoms with Crippen molar-refractivity contribution < 1.29 is 9.59 Å². The van der Waals surface area contributed by atoms with Gasteiger partial charge in [0.15, 0.2) is 0 Å². The van der Waals surface area contributed by atoms with Crippen LogP contribution in [0.15, 0.2) is 24.4 Å². The normalized spacial score (nSPS) is 15.7. The maximum absolute atomic E-state index is 11.8. The van der Waals surface area contributed by atoms with Crippen molar-refractivity contribution in [3.8, 4) is 0 Å². The molecule has 6 heteroatoms. The Kier molecular flexibility index (Phi) is 7.52. The molecule has 0 bridgehead atoms. The van der Waals surface area contributed by atoms with E-state index in [1.165, 1.54) is 38.5 Å². The minimum absolute atomic E-state index is 0.0289. The third kappa shape index (κ3) is 6.78. The van der Waals surface area contributed by atoms with E-state index in [2.05, 4.69) is 20.9 Å². The predicted molar refractivity (Wildman–Crippen MR) is 89.1 cm³/mol. The van der Waals surface area contributed by atoms with Gasteiger partial charge in [0.25, 0.3) is 5.91 Å². The molecule has 23 heavy (non-hydrogen) atoms. The van der Waals surface area contributed by atoms with Crippen molar-refractivity contribution in [2.75, 3.05) is 19.6 Å². The van der Waals surface area contributed by atoms with Gasteiger partial charge in [0, 0.05) is 25.3 Å². The van der Waals surface area contributed by atoms with E-state index < -0.39 is 0 Å². The Balaban J connectivity index is 1.55. The van der Waals surface area contributed by atoms with E-state index in [-0.39, 0.29) is 18.4 Å². The Hall–Kier alpha value is -1.95. The average Bonchev–Trinajstić information content (AvgIpc) is 2.86. The molecule has 0 aliphatic heterocycles. The molecule has 1 aromatic rings. The Morgan fingerprint density at radius 3 is 2.52 bits per heavy atom. The fourth-order valence-electron chi connectivity index (χ4n) is 2.77. The zero-order chi connectivity index (χ0) is 16.3. The van der Waals surface area contributed by atoms with Crippen LogP contribution in [0.25, 0.3) is 0 Å². The fourth-order valence-corrected chi connectivity index (χ4v) is 2.77. The van der Waals surface area contributed by atoms with Gasteiger partial charge in [-0.25, -0.2) is 0 Å². The minimum atomic E-state index is -0.336. The standard InChI is InChI=1S/C17H26N4O2/c22-16(13-21-17(23)15-9-5-6-10-19-15)20-12-11-18-14-7-3-1-2-4-8-14/h5-6,9-10,14,18H,1-4,7-8,11-13H2,(H,20,22)(H,21,23). The van der Waals surface area contributed by atoms with Gasteiger partial charge < -0.3 is 16.0 Å². The van der Waals surface area contributed by atoms with E-state index in [4.69, 9.17) is 0 Å². The highest BCUT2D eigenvalue weighted by atomic mass is 16.2. The van der Waals surface area contributed by atoms with Gasteiger partial charge in [0.2, 0.25) is 5.91 Å². The first-order valence-electron chi connectivity index (χ1n) is 8.45. The summed E-state index contributed by atoms with van der Waals surface area (Å²) in [6.45, 7) is 1.32. The summed E-state index contributed by atoms with van der Waals surface area (Å²) in [6.07, 6.45) is 9.28. The summed E-state index contributed by atoms with van der Waals surface area (Å²) in [5.41, 5.74) is 0.315. The van der Waals surface area contributed by atoms with Crippen LogP contribution in [-0.4, -0.2) is 42.5 Å². The number of rotatable bonds is 7. The van der Waals surface area contributed by atoms with Crippen LogP contribution in [0.2, 0.25) is 0 Å². The lowest BCUT2D eigenvalue weighted by molar-refractivity contribution is -0.120. The molecule has 1 aromatic heterocycles. The van der Waals surface area contributed by atoms with Crippen molar-refractivity contribution in [2.24, 2.45) is 0 Å². The van der Waals surface area contributed by atoms with E-state index >= 15 is 0 Å². The van der Waals surface area contributed by atoms with Crippen LogP contribution < -0.4 is 16.0 Å². The molecule has 0 atom stereocenters. The molecule has 1 saturated carbocycles. The predicted octanol–water partition coefficient (Wildman–Crippen LogP) is 1.24. The molecule has 126 valence electrons. The molecule has 0 spiro atoms. The summed E-state index contributed by atoms with van der Waals surface area (Å²) in [7, 11) is 0. The van der Waals surface area contributed by atoms with E-state index in [0.717, 1.165) is 6.54 Å². The first kappa shape index (κ1) is 17.4. The van der Waals surface area contributed by atoms with Crippen molar-refractivity contribution in [3.63, 3.8) is 0 Å². The second kappa shape index (κ2) is 9.94. The third-order valence-electron chi connectivity index (χ3n) is 4.04. The van der Waals surface area contributed by atoms with Gasteiger partial charge in [0.1, 0.15) is 5.69 Å². The van der Waals surface area contributed by atoms with Crippen molar-refractivity contribution in [1.82, 2.24) is 20.9 Å². The van der Waals surface area contributed by atoms with Crippen molar-refractivity contribution in [2.45, 2.75) is 44.6 Å². The smallest absolute Gasteiger partial charge is 0.270 e. The fraction of sp³-hybridized carbons (Fsp3) is 0.588. The Morgan fingerprint density at radius 2 is 1.83 bits per heavy atom. The summed E-state index contributed by atoms with van der Waals surface area (Å²) in [5.74, 6) is -0.519. The maximum Gasteiger partial charge on any atom is 0.270 e. The van der Waals surface area contributed by atoms with E-state index in [1.54, 1.807) is 24.4 Å². The summed E-state index contributed by atoms with van der Waals surface area (Å²) in [6, 6.07) is 5.67. The number of nitrogens with zero attached hydrogens (tertiary/aromatic N) is 1. The summed E-state index contributed by atoms with van der Waals surface area (Å²) < 4.78 is 0. The van der Waals surface area contributed by atoms with Crippen LogP contribution in [0.5, 0.6) is 0 Å². The largest absolute Gasteiger partial charge is 0.353 e. The molecule has 1 fully saturated rings. The number of carbonyl (C=O) groups is 2. The van der Waals surface area contributed by atoms with Gasteiger partial charge in [-0.1, -0.05) is 31.7 Å². The average molecular weight is 318 g/mol. The lowest BCUT2D eigenvalue weighted by Crippen LogP contribution is -2.41. The van der Waals surface area contributed by atoms with Crippen LogP contribution in [0, 0.1) is 0 Å². The number of nitrogens with one attached hydrogen (secondary N) is 3. The van der Waals surface area contributed by atoms with Gasteiger partial charge in [-0.2, -0.15) is 0 Å². The molecule has 3 N–H and O–H groups in total. The number of aromatic nitrogens is 1. The monoisotopic (exact) mass is 318 g/mol.